The van der Waals surface area contributed by atoms with Gasteiger partial charge in [-0.15, -0.1) is 12.4 Å². The first-order valence-corrected chi connectivity index (χ1v) is 8.09. The largest absolute Gasteiger partial charge is 0.492 e. The van der Waals surface area contributed by atoms with Crippen molar-refractivity contribution in [3.8, 4) is 5.75 Å². The van der Waals surface area contributed by atoms with Crippen LogP contribution < -0.4 is 10.1 Å². The van der Waals surface area contributed by atoms with Gasteiger partial charge < -0.3 is 19.9 Å². The molecule has 24 heavy (non-hydrogen) atoms. The second-order valence-corrected chi connectivity index (χ2v) is 6.14. The average molecular weight is 354 g/mol. The Kier molecular flexibility index (Phi) is 6.45. The van der Waals surface area contributed by atoms with Crippen LogP contribution >= 0.6 is 12.4 Å². The molecular weight excluding hydrogens is 330 g/mol. The second-order valence-electron chi connectivity index (χ2n) is 6.14. The molecule has 0 bridgehead atoms. The van der Waals surface area contributed by atoms with Crippen LogP contribution in [0.2, 0.25) is 0 Å². The number of carbonyl (C=O) groups excluding carboxylic acids is 2. The van der Waals surface area contributed by atoms with Crippen LogP contribution in [0.15, 0.2) is 24.3 Å². The van der Waals surface area contributed by atoms with Gasteiger partial charge in [-0.05, 0) is 18.1 Å². The number of carbonyl (C=O) groups is 2. The van der Waals surface area contributed by atoms with Gasteiger partial charge in [0.15, 0.2) is 0 Å². The summed E-state index contributed by atoms with van der Waals surface area (Å²) in [6.45, 7) is 3.56. The molecule has 1 aromatic rings. The van der Waals surface area contributed by atoms with Crippen molar-refractivity contribution in [3.63, 3.8) is 0 Å². The summed E-state index contributed by atoms with van der Waals surface area (Å²) >= 11 is 0. The molecule has 2 amide bonds. The maximum absolute atomic E-state index is 12.6. The number of halogens is 1. The summed E-state index contributed by atoms with van der Waals surface area (Å²) in [6.07, 6.45) is 0.668. The fourth-order valence-corrected chi connectivity index (χ4v) is 3.09. The van der Waals surface area contributed by atoms with E-state index in [9.17, 15) is 9.59 Å². The molecule has 132 valence electrons. The summed E-state index contributed by atoms with van der Waals surface area (Å²) in [5, 5.41) is 3.22. The third-order valence-electron chi connectivity index (χ3n) is 4.45. The zero-order valence-electron chi connectivity index (χ0n) is 13.9. The number of benzene rings is 1. The Morgan fingerprint density at radius 1 is 1.29 bits per heavy atom. The van der Waals surface area contributed by atoms with Crippen LogP contribution in [0.1, 0.15) is 5.56 Å². The van der Waals surface area contributed by atoms with Crippen LogP contribution in [-0.4, -0.2) is 68.0 Å². The minimum Gasteiger partial charge on any atom is -0.492 e. The molecule has 1 atom stereocenters. The highest BCUT2D eigenvalue weighted by molar-refractivity contribution is 5.86. The Labute approximate surface area is 148 Å². The molecule has 1 N–H and O–H groups in total. The molecule has 0 aliphatic carbocycles. The van der Waals surface area contributed by atoms with Crippen LogP contribution in [0.4, 0.5) is 0 Å². The quantitative estimate of drug-likeness (QED) is 0.862. The van der Waals surface area contributed by atoms with Gasteiger partial charge in [0.05, 0.1) is 12.5 Å². The third-order valence-corrected chi connectivity index (χ3v) is 4.45. The van der Waals surface area contributed by atoms with Crippen molar-refractivity contribution in [2.45, 2.75) is 6.42 Å². The van der Waals surface area contributed by atoms with Crippen LogP contribution in [0, 0.1) is 5.92 Å². The summed E-state index contributed by atoms with van der Waals surface area (Å²) < 4.78 is 5.68. The Bertz CT molecular complexity index is 590. The van der Waals surface area contributed by atoms with Gasteiger partial charge >= 0.3 is 0 Å². The molecule has 2 aliphatic rings. The molecule has 1 fully saturated rings. The predicted molar refractivity (Wildman–Crippen MR) is 93.5 cm³/mol. The van der Waals surface area contributed by atoms with Gasteiger partial charge in [-0.1, -0.05) is 18.2 Å². The first-order valence-electron chi connectivity index (χ1n) is 8.09. The van der Waals surface area contributed by atoms with E-state index in [1.165, 1.54) is 4.90 Å². The van der Waals surface area contributed by atoms with E-state index < -0.39 is 0 Å². The van der Waals surface area contributed by atoms with Gasteiger partial charge in [-0.3, -0.25) is 9.59 Å². The minimum absolute atomic E-state index is 0. The van der Waals surface area contributed by atoms with Crippen molar-refractivity contribution in [2.24, 2.45) is 5.92 Å². The molecule has 1 saturated heterocycles. The zero-order chi connectivity index (χ0) is 16.2. The molecule has 1 unspecified atom stereocenters. The first kappa shape index (κ1) is 18.5. The van der Waals surface area contributed by atoms with Gasteiger partial charge in [-0.2, -0.15) is 0 Å². The normalized spacial score (nSPS) is 19.5. The Morgan fingerprint density at radius 2 is 2.00 bits per heavy atom. The first-order chi connectivity index (χ1) is 11.1. The number of hydrogen-bond acceptors (Lipinski definition) is 4. The Balaban J connectivity index is 0.00000208. The highest BCUT2D eigenvalue weighted by Gasteiger charge is 2.29. The Morgan fingerprint density at radius 3 is 2.75 bits per heavy atom. The average Bonchev–Trinajstić information content (AvgIpc) is 2.61. The lowest BCUT2D eigenvalue weighted by atomic mass is 9.95. The third kappa shape index (κ3) is 4.19. The van der Waals surface area contributed by atoms with E-state index in [-0.39, 0.29) is 36.7 Å². The highest BCUT2D eigenvalue weighted by atomic mass is 35.5. The van der Waals surface area contributed by atoms with Crippen molar-refractivity contribution in [1.29, 1.82) is 0 Å². The molecule has 2 heterocycles. The molecule has 0 saturated carbocycles. The van der Waals surface area contributed by atoms with Crippen molar-refractivity contribution in [1.82, 2.24) is 15.1 Å². The van der Waals surface area contributed by atoms with E-state index in [4.69, 9.17) is 4.74 Å². The van der Waals surface area contributed by atoms with E-state index in [0.29, 0.717) is 26.1 Å². The maximum Gasteiger partial charge on any atom is 0.242 e. The van der Waals surface area contributed by atoms with Crippen LogP contribution in [0.25, 0.3) is 0 Å². The van der Waals surface area contributed by atoms with Crippen molar-refractivity contribution in [3.05, 3.63) is 29.8 Å². The molecule has 1 aromatic carbocycles. The molecule has 6 nitrogen and oxygen atoms in total. The number of para-hydroxylation sites is 1. The number of ether oxygens (including phenoxy) is 1. The summed E-state index contributed by atoms with van der Waals surface area (Å²) in [7, 11) is 1.70. The SMILES string of the molecule is CN(CC(=O)N1CCNCC1)C(=O)C1COc2ccccc2C1.Cl. The lowest BCUT2D eigenvalue weighted by Crippen LogP contribution is -2.50. The molecular formula is C17H24ClN3O3. The molecule has 0 aromatic heterocycles. The number of hydrogen-bond donors (Lipinski definition) is 1. The molecule has 3 rings (SSSR count). The molecule has 0 radical (unpaired) electrons. The van der Waals surface area contributed by atoms with Gasteiger partial charge in [0.25, 0.3) is 0 Å². The Hall–Kier alpha value is -1.79. The van der Waals surface area contributed by atoms with Gasteiger partial charge in [0, 0.05) is 33.2 Å². The van der Waals surface area contributed by atoms with Gasteiger partial charge in [0.1, 0.15) is 12.4 Å². The summed E-state index contributed by atoms with van der Waals surface area (Å²) in [4.78, 5) is 28.2. The van der Waals surface area contributed by atoms with Crippen LogP contribution in [-0.2, 0) is 16.0 Å². The van der Waals surface area contributed by atoms with Crippen LogP contribution in [0.3, 0.4) is 0 Å². The number of amides is 2. The van der Waals surface area contributed by atoms with Crippen molar-refractivity contribution < 1.29 is 14.3 Å². The van der Waals surface area contributed by atoms with E-state index in [1.54, 1.807) is 7.05 Å². The number of likely N-dealkylation sites (N-methyl/N-ethyl adjacent to an activating group) is 1. The van der Waals surface area contributed by atoms with Gasteiger partial charge in [0.2, 0.25) is 11.8 Å². The number of rotatable bonds is 3. The topological polar surface area (TPSA) is 61.9 Å². The summed E-state index contributed by atoms with van der Waals surface area (Å²) in [6, 6.07) is 7.79. The summed E-state index contributed by atoms with van der Waals surface area (Å²) in [5.41, 5.74) is 1.05. The molecule has 0 spiro atoms. The lowest BCUT2D eigenvalue weighted by molar-refractivity contribution is -0.142. The number of fused-ring (bicyclic) bond motifs is 1. The zero-order valence-corrected chi connectivity index (χ0v) is 14.7. The van der Waals surface area contributed by atoms with E-state index >= 15 is 0 Å². The number of nitrogens with zero attached hydrogens (tertiary/aromatic N) is 2. The predicted octanol–water partition coefficient (Wildman–Crippen LogP) is 0.550. The number of piperazine rings is 1. The highest BCUT2D eigenvalue weighted by Crippen LogP contribution is 2.27. The second kappa shape index (κ2) is 8.35. The van der Waals surface area contributed by atoms with Gasteiger partial charge in [-0.25, -0.2) is 0 Å². The number of nitrogens with one attached hydrogen (secondary N) is 1. The van der Waals surface area contributed by atoms with E-state index in [2.05, 4.69) is 5.32 Å². The molecule has 2 aliphatic heterocycles. The summed E-state index contributed by atoms with van der Waals surface area (Å²) in [5.74, 6) is 0.629. The molecule has 7 heteroatoms. The standard InChI is InChI=1S/C17H23N3O3.ClH/c1-19(11-16(21)20-8-6-18-7-9-20)17(22)14-10-13-4-2-3-5-15(13)23-12-14;/h2-5,14,18H,6-12H2,1H3;1H. The van der Waals surface area contributed by atoms with E-state index in [0.717, 1.165) is 24.4 Å². The van der Waals surface area contributed by atoms with Crippen LogP contribution in [0.5, 0.6) is 5.75 Å². The lowest BCUT2D eigenvalue weighted by Gasteiger charge is -2.31. The minimum atomic E-state index is -0.217. The maximum atomic E-state index is 12.6. The fraction of sp³-hybridized carbons (Fsp3) is 0.529. The van der Waals surface area contributed by atoms with Crippen molar-refractivity contribution >= 4 is 24.2 Å². The van der Waals surface area contributed by atoms with Crippen molar-refractivity contribution in [2.75, 3.05) is 46.4 Å². The van der Waals surface area contributed by atoms with E-state index in [1.807, 2.05) is 29.2 Å². The fourth-order valence-electron chi connectivity index (χ4n) is 3.09. The monoisotopic (exact) mass is 353 g/mol. The smallest absolute Gasteiger partial charge is 0.242 e.